The lowest BCUT2D eigenvalue weighted by atomic mass is 9.87. The minimum Gasteiger partial charge on any atom is -0.507 e. The molecule has 5 rings (SSSR count). The Morgan fingerprint density at radius 2 is 1.41 bits per heavy atom. The Kier molecular flexibility index (Phi) is 8.24. The number of benzene rings is 2. The first-order chi connectivity index (χ1) is 21.0. The predicted octanol–water partition coefficient (Wildman–Crippen LogP) is 3.26. The summed E-state index contributed by atoms with van der Waals surface area (Å²) in [5.74, 6) is 0.831. The van der Waals surface area contributed by atoms with Crippen LogP contribution in [0.1, 0.15) is 61.1 Å². The number of rotatable bonds is 7. The molecule has 0 atom stereocenters. The number of aromatic nitrogens is 8. The lowest BCUT2D eigenvalue weighted by molar-refractivity contribution is -0.127. The number of hydrogen-bond donors (Lipinski definition) is 3. The van der Waals surface area contributed by atoms with Crippen molar-refractivity contribution in [3.8, 4) is 11.5 Å². The Bertz CT molecular complexity index is 1770. The van der Waals surface area contributed by atoms with Gasteiger partial charge in [0.05, 0.1) is 12.4 Å². The highest BCUT2D eigenvalue weighted by Gasteiger charge is 2.23. The molecule has 0 saturated heterocycles. The summed E-state index contributed by atoms with van der Waals surface area (Å²) in [4.78, 5) is 15.4. The van der Waals surface area contributed by atoms with Crippen molar-refractivity contribution in [2.24, 2.45) is 15.6 Å². The molecule has 0 aliphatic heterocycles. The van der Waals surface area contributed by atoms with Crippen molar-refractivity contribution in [3.63, 3.8) is 0 Å². The lowest BCUT2D eigenvalue weighted by Gasteiger charge is -2.22. The molecule has 0 saturated carbocycles. The Hall–Kier alpha value is -5.79. The second kappa shape index (κ2) is 12.2. The topological polar surface area (TPSA) is 181 Å². The van der Waals surface area contributed by atoms with E-state index in [1.807, 2.05) is 39.0 Å². The largest absolute Gasteiger partial charge is 0.507 e. The first-order valence-electron chi connectivity index (χ1n) is 13.7. The van der Waals surface area contributed by atoms with Crippen LogP contribution in [0.4, 0.5) is 0 Å². The fourth-order valence-corrected chi connectivity index (χ4v) is 4.25. The number of phenols is 2. The van der Waals surface area contributed by atoms with E-state index >= 15 is 0 Å². The van der Waals surface area contributed by atoms with Gasteiger partial charge in [0.1, 0.15) is 11.5 Å². The van der Waals surface area contributed by atoms with Gasteiger partial charge in [-0.2, -0.15) is 10.2 Å². The van der Waals surface area contributed by atoms with Gasteiger partial charge >= 0.3 is 0 Å². The number of amides is 1. The maximum Gasteiger partial charge on any atom is 0.229 e. The molecular formula is C30H31N11O3. The molecule has 1 aliphatic carbocycles. The van der Waals surface area contributed by atoms with Crippen LogP contribution in [0.2, 0.25) is 0 Å². The van der Waals surface area contributed by atoms with Crippen LogP contribution in [0.15, 0.2) is 76.1 Å². The van der Waals surface area contributed by atoms with E-state index < -0.39 is 5.41 Å². The fraction of sp³-hybridized carbons (Fsp3) is 0.233. The maximum absolute atomic E-state index is 12.8. The maximum atomic E-state index is 12.8. The summed E-state index contributed by atoms with van der Waals surface area (Å²) < 4.78 is 0. The third-order valence-corrected chi connectivity index (χ3v) is 6.64. The molecule has 0 bridgehead atoms. The van der Waals surface area contributed by atoms with Crippen LogP contribution in [0, 0.1) is 19.3 Å². The number of tetrazole rings is 2. The number of nitrogens with one attached hydrogen (secondary N) is 1. The monoisotopic (exact) mass is 593 g/mol. The molecule has 2 aromatic heterocycles. The van der Waals surface area contributed by atoms with E-state index in [0.717, 1.165) is 5.57 Å². The Morgan fingerprint density at radius 3 is 1.86 bits per heavy atom. The van der Waals surface area contributed by atoms with Crippen molar-refractivity contribution in [3.05, 3.63) is 99.8 Å². The second-order valence-corrected chi connectivity index (χ2v) is 11.1. The molecule has 2 heterocycles. The summed E-state index contributed by atoms with van der Waals surface area (Å²) in [5, 5.41) is 56.5. The molecule has 224 valence electrons. The van der Waals surface area contributed by atoms with Gasteiger partial charge < -0.3 is 15.5 Å². The molecule has 14 heteroatoms. The number of aryl methyl sites for hydroxylation is 2. The van der Waals surface area contributed by atoms with Gasteiger partial charge in [-0.1, -0.05) is 26.8 Å². The van der Waals surface area contributed by atoms with Gasteiger partial charge in [0.2, 0.25) is 5.91 Å². The molecule has 1 aliphatic rings. The quantitative estimate of drug-likeness (QED) is 0.271. The summed E-state index contributed by atoms with van der Waals surface area (Å²) in [6.45, 7) is 8.95. The summed E-state index contributed by atoms with van der Waals surface area (Å²) in [5.41, 5.74) is 3.45. The van der Waals surface area contributed by atoms with Gasteiger partial charge in [-0.15, -0.1) is 19.8 Å². The number of carbonyl (C=O) groups is 1. The van der Waals surface area contributed by atoms with Gasteiger partial charge in [-0.25, -0.2) is 0 Å². The SMILES string of the molecule is Cc1nnnn1N=Cc1ccc(O)c(C(=C2C=C(NC(=O)C(C)(C)C)C=CC2)c2cc(C=Nn3nnnc3C)ccc2O)c1. The third-order valence-electron chi connectivity index (χ3n) is 6.64. The van der Waals surface area contributed by atoms with Gasteiger partial charge in [0.25, 0.3) is 0 Å². The van der Waals surface area contributed by atoms with E-state index in [9.17, 15) is 15.0 Å². The lowest BCUT2D eigenvalue weighted by Crippen LogP contribution is -2.34. The van der Waals surface area contributed by atoms with Crippen molar-refractivity contribution in [2.45, 2.75) is 41.0 Å². The molecular weight excluding hydrogens is 562 g/mol. The Morgan fingerprint density at radius 1 is 0.886 bits per heavy atom. The predicted molar refractivity (Wildman–Crippen MR) is 163 cm³/mol. The van der Waals surface area contributed by atoms with Crippen LogP contribution in [0.3, 0.4) is 0 Å². The van der Waals surface area contributed by atoms with E-state index in [-0.39, 0.29) is 17.4 Å². The smallest absolute Gasteiger partial charge is 0.229 e. The molecule has 0 spiro atoms. The number of nitrogens with zero attached hydrogens (tertiary/aromatic N) is 10. The second-order valence-electron chi connectivity index (χ2n) is 11.1. The van der Waals surface area contributed by atoms with Crippen molar-refractivity contribution in [2.75, 3.05) is 0 Å². The first-order valence-corrected chi connectivity index (χ1v) is 13.7. The molecule has 2 aromatic carbocycles. The molecule has 0 fully saturated rings. The zero-order valence-electron chi connectivity index (χ0n) is 24.8. The zero-order chi connectivity index (χ0) is 31.4. The molecule has 3 N–H and O–H groups in total. The van der Waals surface area contributed by atoms with E-state index in [1.165, 1.54) is 9.58 Å². The van der Waals surface area contributed by atoms with Crippen LogP contribution in [-0.2, 0) is 4.79 Å². The van der Waals surface area contributed by atoms with E-state index in [0.29, 0.717) is 51.6 Å². The summed E-state index contributed by atoms with van der Waals surface area (Å²) in [7, 11) is 0. The van der Waals surface area contributed by atoms with E-state index in [4.69, 9.17) is 0 Å². The van der Waals surface area contributed by atoms with Crippen LogP contribution in [-0.4, -0.2) is 69.2 Å². The minimum atomic E-state index is -0.605. The minimum absolute atomic E-state index is 0.0192. The highest BCUT2D eigenvalue weighted by Crippen LogP contribution is 2.40. The summed E-state index contributed by atoms with van der Waals surface area (Å²) in [6, 6.07) is 10.0. The highest BCUT2D eigenvalue weighted by molar-refractivity contribution is 5.93. The average molecular weight is 594 g/mol. The van der Waals surface area contributed by atoms with Gasteiger partial charge in [-0.3, -0.25) is 4.79 Å². The van der Waals surface area contributed by atoms with Crippen LogP contribution < -0.4 is 5.32 Å². The first kappa shape index (κ1) is 29.7. The fourth-order valence-electron chi connectivity index (χ4n) is 4.25. The highest BCUT2D eigenvalue weighted by atomic mass is 16.3. The molecule has 1 amide bonds. The number of aromatic hydroxyl groups is 2. The van der Waals surface area contributed by atoms with Crippen molar-refractivity contribution in [1.82, 2.24) is 45.9 Å². The molecule has 0 radical (unpaired) electrons. The van der Waals surface area contributed by atoms with Crippen molar-refractivity contribution < 1.29 is 15.0 Å². The standard InChI is InChI=1S/C30H31N11O3/c1-18-34-36-38-40(18)31-16-20-9-11-26(42)24(13-20)28(22-7-6-8-23(15-22)33-29(44)30(3,4)5)25-14-21(10-12-27(25)43)17-32-41-19(2)35-37-39-41/h6,8-17,42-43H,7H2,1-5H3,(H,33,44). The van der Waals surface area contributed by atoms with Crippen LogP contribution in [0.25, 0.3) is 5.57 Å². The van der Waals surface area contributed by atoms with E-state index in [1.54, 1.807) is 62.7 Å². The molecule has 0 unspecified atom stereocenters. The third kappa shape index (κ3) is 6.64. The summed E-state index contributed by atoms with van der Waals surface area (Å²) in [6.07, 6.45) is 9.19. The van der Waals surface area contributed by atoms with Gasteiger partial charge in [0.15, 0.2) is 11.6 Å². The van der Waals surface area contributed by atoms with Crippen LogP contribution >= 0.6 is 0 Å². The Balaban J connectivity index is 1.66. The zero-order valence-corrected chi connectivity index (χ0v) is 24.8. The van der Waals surface area contributed by atoms with Crippen molar-refractivity contribution >= 4 is 23.9 Å². The average Bonchev–Trinajstić information content (AvgIpc) is 3.60. The molecule has 4 aromatic rings. The molecule has 14 nitrogen and oxygen atoms in total. The number of hydrogen-bond acceptors (Lipinski definition) is 11. The van der Waals surface area contributed by atoms with Gasteiger partial charge in [0, 0.05) is 22.2 Å². The number of allylic oxidation sites excluding steroid dienone is 4. The van der Waals surface area contributed by atoms with Gasteiger partial charge in [-0.05, 0) is 112 Å². The van der Waals surface area contributed by atoms with E-state index in [2.05, 4.69) is 46.6 Å². The normalized spacial score (nSPS) is 13.6. The van der Waals surface area contributed by atoms with Crippen molar-refractivity contribution in [1.29, 1.82) is 0 Å². The molecule has 44 heavy (non-hydrogen) atoms. The Labute approximate surface area is 252 Å². The number of phenolic OH excluding ortho intramolecular Hbond substituents is 2. The number of carbonyl (C=O) groups excluding carboxylic acids is 1. The summed E-state index contributed by atoms with van der Waals surface area (Å²) >= 11 is 0. The van der Waals surface area contributed by atoms with Crippen LogP contribution in [0.5, 0.6) is 11.5 Å².